The fraction of sp³-hybridized carbons (Fsp3) is 0.944. The molecule has 2 aliphatic rings. The van der Waals surface area contributed by atoms with Crippen molar-refractivity contribution in [3.63, 3.8) is 0 Å². The summed E-state index contributed by atoms with van der Waals surface area (Å²) >= 11 is 0. The lowest BCUT2D eigenvalue weighted by Crippen LogP contribution is -2.50. The lowest BCUT2D eigenvalue weighted by Gasteiger charge is -2.34. The number of aliphatic imine (C=N–C) groups is 1. The van der Waals surface area contributed by atoms with E-state index in [4.69, 9.17) is 9.73 Å². The predicted molar refractivity (Wildman–Crippen MR) is 93.4 cm³/mol. The van der Waals surface area contributed by atoms with Gasteiger partial charge in [0.2, 0.25) is 0 Å². The van der Waals surface area contributed by atoms with E-state index in [0.717, 1.165) is 32.3 Å². The molecule has 2 rings (SSSR count). The molecule has 0 aromatic heterocycles. The van der Waals surface area contributed by atoms with E-state index in [9.17, 15) is 0 Å². The van der Waals surface area contributed by atoms with E-state index in [1.165, 1.54) is 57.8 Å². The van der Waals surface area contributed by atoms with Crippen molar-refractivity contribution in [2.24, 2.45) is 4.99 Å². The molecule has 1 saturated carbocycles. The first-order chi connectivity index (χ1) is 10.8. The van der Waals surface area contributed by atoms with E-state index >= 15 is 0 Å². The summed E-state index contributed by atoms with van der Waals surface area (Å²) in [6.45, 7) is 8.16. The van der Waals surface area contributed by atoms with Gasteiger partial charge < -0.3 is 15.0 Å². The summed E-state index contributed by atoms with van der Waals surface area (Å²) in [4.78, 5) is 7.55. The van der Waals surface area contributed by atoms with Gasteiger partial charge in [0.05, 0.1) is 19.3 Å². The van der Waals surface area contributed by atoms with Crippen LogP contribution in [0, 0.1) is 0 Å². The lowest BCUT2D eigenvalue weighted by molar-refractivity contribution is 0.0658. The highest BCUT2D eigenvalue weighted by Gasteiger charge is 2.21. The maximum absolute atomic E-state index is 5.52. The van der Waals surface area contributed by atoms with Crippen LogP contribution in [0.1, 0.15) is 71.6 Å². The molecular formula is C18H35N3O. The molecule has 1 aliphatic heterocycles. The molecule has 0 radical (unpaired) electrons. The van der Waals surface area contributed by atoms with Crippen LogP contribution in [0.3, 0.4) is 0 Å². The minimum Gasteiger partial charge on any atom is -0.378 e. The van der Waals surface area contributed by atoms with Crippen molar-refractivity contribution in [2.75, 3.05) is 26.3 Å². The Bertz CT molecular complexity index is 314. The Morgan fingerprint density at radius 3 is 2.32 bits per heavy atom. The molecule has 0 aromatic rings. The number of hydrogen-bond donors (Lipinski definition) is 1. The van der Waals surface area contributed by atoms with Crippen LogP contribution in [0.15, 0.2) is 4.99 Å². The molecule has 1 heterocycles. The molecule has 0 spiro atoms. The van der Waals surface area contributed by atoms with Gasteiger partial charge in [-0.05, 0) is 25.7 Å². The van der Waals surface area contributed by atoms with E-state index in [0.29, 0.717) is 12.1 Å². The summed E-state index contributed by atoms with van der Waals surface area (Å²) in [5.41, 5.74) is 0. The van der Waals surface area contributed by atoms with Crippen LogP contribution in [0.2, 0.25) is 0 Å². The second kappa shape index (κ2) is 10.1. The molecule has 1 N–H and O–H groups in total. The van der Waals surface area contributed by atoms with Gasteiger partial charge in [-0.2, -0.15) is 0 Å². The van der Waals surface area contributed by atoms with Crippen LogP contribution in [0.5, 0.6) is 0 Å². The first kappa shape index (κ1) is 17.6. The number of morpholine rings is 1. The molecule has 1 saturated heterocycles. The highest BCUT2D eigenvalue weighted by atomic mass is 16.5. The van der Waals surface area contributed by atoms with Crippen LogP contribution in [0.4, 0.5) is 0 Å². The summed E-state index contributed by atoms with van der Waals surface area (Å²) in [6, 6.07) is 1.10. The van der Waals surface area contributed by atoms with Crippen LogP contribution < -0.4 is 5.32 Å². The van der Waals surface area contributed by atoms with Crippen molar-refractivity contribution in [1.82, 2.24) is 10.2 Å². The van der Waals surface area contributed by atoms with Gasteiger partial charge in [0.1, 0.15) is 0 Å². The Morgan fingerprint density at radius 1 is 1.09 bits per heavy atom. The fourth-order valence-electron chi connectivity index (χ4n) is 3.54. The van der Waals surface area contributed by atoms with Crippen LogP contribution in [-0.2, 0) is 4.74 Å². The number of hydrogen-bond acceptors (Lipinski definition) is 2. The van der Waals surface area contributed by atoms with E-state index in [1.54, 1.807) is 0 Å². The molecule has 4 heteroatoms. The maximum Gasteiger partial charge on any atom is 0.194 e. The Hall–Kier alpha value is -0.770. The summed E-state index contributed by atoms with van der Waals surface area (Å²) in [7, 11) is 0. The van der Waals surface area contributed by atoms with Crippen LogP contribution in [0.25, 0.3) is 0 Å². The molecule has 4 nitrogen and oxygen atoms in total. The van der Waals surface area contributed by atoms with E-state index < -0.39 is 0 Å². The van der Waals surface area contributed by atoms with Gasteiger partial charge in [-0.25, -0.2) is 4.99 Å². The quantitative estimate of drug-likeness (QED) is 0.602. The normalized spacial score (nSPS) is 21.4. The summed E-state index contributed by atoms with van der Waals surface area (Å²) in [5.74, 6) is 1.15. The van der Waals surface area contributed by atoms with Crippen molar-refractivity contribution >= 4 is 5.96 Å². The first-order valence-electron chi connectivity index (χ1n) is 9.50. The van der Waals surface area contributed by atoms with Crippen molar-refractivity contribution in [1.29, 1.82) is 0 Å². The molecular weight excluding hydrogens is 274 g/mol. The monoisotopic (exact) mass is 309 g/mol. The number of ether oxygens (including phenoxy) is 1. The van der Waals surface area contributed by atoms with Gasteiger partial charge in [0.25, 0.3) is 0 Å². The zero-order chi connectivity index (χ0) is 15.6. The van der Waals surface area contributed by atoms with Gasteiger partial charge >= 0.3 is 0 Å². The Morgan fingerprint density at radius 2 is 1.73 bits per heavy atom. The number of rotatable bonds is 6. The third-order valence-electron chi connectivity index (χ3n) is 4.80. The molecule has 0 amide bonds. The number of nitrogens with zero attached hydrogens (tertiary/aromatic N) is 2. The van der Waals surface area contributed by atoms with E-state index in [-0.39, 0.29) is 0 Å². The molecule has 2 fully saturated rings. The average molecular weight is 309 g/mol. The molecule has 22 heavy (non-hydrogen) atoms. The third-order valence-corrected chi connectivity index (χ3v) is 4.80. The Labute approximate surface area is 136 Å². The SMILES string of the molecule is CCCC(CCC)NC(=NC1CCCCC1)N1CCOCC1. The van der Waals surface area contributed by atoms with Crippen LogP contribution >= 0.6 is 0 Å². The molecule has 0 aromatic carbocycles. The second-order valence-electron chi connectivity index (χ2n) is 6.76. The summed E-state index contributed by atoms with van der Waals surface area (Å²) in [5, 5.41) is 3.79. The highest BCUT2D eigenvalue weighted by Crippen LogP contribution is 2.21. The fourth-order valence-corrected chi connectivity index (χ4v) is 3.54. The third kappa shape index (κ3) is 5.79. The predicted octanol–water partition coefficient (Wildman–Crippen LogP) is 3.57. The second-order valence-corrected chi connectivity index (χ2v) is 6.76. The zero-order valence-electron chi connectivity index (χ0n) is 14.6. The minimum absolute atomic E-state index is 0.531. The largest absolute Gasteiger partial charge is 0.378 e. The Kier molecular flexibility index (Phi) is 8.06. The van der Waals surface area contributed by atoms with Crippen molar-refractivity contribution < 1.29 is 4.74 Å². The van der Waals surface area contributed by atoms with Gasteiger partial charge in [-0.15, -0.1) is 0 Å². The summed E-state index contributed by atoms with van der Waals surface area (Å²) in [6.07, 6.45) is 11.6. The highest BCUT2D eigenvalue weighted by molar-refractivity contribution is 5.80. The van der Waals surface area contributed by atoms with Crippen LogP contribution in [-0.4, -0.2) is 49.2 Å². The van der Waals surface area contributed by atoms with Crippen molar-refractivity contribution in [3.05, 3.63) is 0 Å². The van der Waals surface area contributed by atoms with Gasteiger partial charge in [0, 0.05) is 19.1 Å². The van der Waals surface area contributed by atoms with E-state index in [1.807, 2.05) is 0 Å². The number of guanidine groups is 1. The standard InChI is InChI=1S/C18H35N3O/c1-3-8-16(9-4-2)19-18(21-12-14-22-15-13-21)20-17-10-6-5-7-11-17/h16-17H,3-15H2,1-2H3,(H,19,20). The molecule has 128 valence electrons. The van der Waals surface area contributed by atoms with Gasteiger partial charge in [-0.3, -0.25) is 0 Å². The van der Waals surface area contributed by atoms with Crippen molar-refractivity contribution in [3.8, 4) is 0 Å². The molecule has 0 unspecified atom stereocenters. The van der Waals surface area contributed by atoms with Crippen molar-refractivity contribution in [2.45, 2.75) is 83.7 Å². The lowest BCUT2D eigenvalue weighted by atomic mass is 9.96. The van der Waals surface area contributed by atoms with E-state index in [2.05, 4.69) is 24.1 Å². The molecule has 0 bridgehead atoms. The Balaban J connectivity index is 2.03. The topological polar surface area (TPSA) is 36.9 Å². The zero-order valence-corrected chi connectivity index (χ0v) is 14.6. The maximum atomic E-state index is 5.52. The average Bonchev–Trinajstić information content (AvgIpc) is 2.56. The smallest absolute Gasteiger partial charge is 0.194 e. The minimum atomic E-state index is 0.531. The molecule has 0 atom stereocenters. The number of nitrogens with one attached hydrogen (secondary N) is 1. The van der Waals surface area contributed by atoms with Gasteiger partial charge in [-0.1, -0.05) is 46.0 Å². The first-order valence-corrected chi connectivity index (χ1v) is 9.50. The van der Waals surface area contributed by atoms with Gasteiger partial charge in [0.15, 0.2) is 5.96 Å². The molecule has 1 aliphatic carbocycles. The summed E-state index contributed by atoms with van der Waals surface area (Å²) < 4.78 is 5.52.